The zero-order chi connectivity index (χ0) is 10.0. The summed E-state index contributed by atoms with van der Waals surface area (Å²) < 4.78 is 0.804. The van der Waals surface area contributed by atoms with Crippen LogP contribution in [0.25, 0.3) is 0 Å². The van der Waals surface area contributed by atoms with Gasteiger partial charge >= 0.3 is 0 Å². The van der Waals surface area contributed by atoms with Crippen LogP contribution in [0.3, 0.4) is 0 Å². The fraction of sp³-hybridized carbons (Fsp3) is 0.444. The number of pyridine rings is 1. The van der Waals surface area contributed by atoms with Crippen LogP contribution in [0.5, 0.6) is 0 Å². The molecule has 0 radical (unpaired) electrons. The summed E-state index contributed by atoms with van der Waals surface area (Å²) in [6.07, 6.45) is 1.67. The summed E-state index contributed by atoms with van der Waals surface area (Å²) >= 11 is 9.22. The molecule has 0 aliphatic carbocycles. The minimum atomic E-state index is -0.00475. The molecule has 0 amide bonds. The Kier molecular flexibility index (Phi) is 3.71. The summed E-state index contributed by atoms with van der Waals surface area (Å²) in [5, 5.41) is 0.466. The second-order valence-electron chi connectivity index (χ2n) is 3.27. The molecule has 0 aromatic carbocycles. The van der Waals surface area contributed by atoms with Gasteiger partial charge in [0.25, 0.3) is 0 Å². The van der Waals surface area contributed by atoms with Gasteiger partial charge in [0.15, 0.2) is 0 Å². The van der Waals surface area contributed by atoms with Crippen LogP contribution in [0.15, 0.2) is 16.7 Å². The molecule has 0 bridgehead atoms. The maximum Gasteiger partial charge on any atom is 0.143 e. The van der Waals surface area contributed by atoms with E-state index in [1.54, 1.807) is 6.20 Å². The zero-order valence-corrected chi connectivity index (χ0v) is 9.93. The van der Waals surface area contributed by atoms with Crippen molar-refractivity contribution in [2.24, 2.45) is 11.7 Å². The van der Waals surface area contributed by atoms with Crippen LogP contribution < -0.4 is 5.73 Å². The number of rotatable bonds is 2. The van der Waals surface area contributed by atoms with Crippen molar-refractivity contribution in [3.8, 4) is 0 Å². The molecule has 0 aliphatic rings. The highest BCUT2D eigenvalue weighted by Crippen LogP contribution is 2.30. The van der Waals surface area contributed by atoms with E-state index in [1.165, 1.54) is 0 Å². The monoisotopic (exact) mass is 262 g/mol. The zero-order valence-electron chi connectivity index (χ0n) is 7.59. The second kappa shape index (κ2) is 4.40. The third-order valence-corrected chi connectivity index (χ3v) is 3.30. The highest BCUT2D eigenvalue weighted by molar-refractivity contribution is 9.10. The second-order valence-corrected chi connectivity index (χ2v) is 4.43. The Balaban J connectivity index is 3.07. The Morgan fingerprint density at radius 1 is 1.54 bits per heavy atom. The standard InChI is InChI=1S/C9H12BrClN2/c1-5(2)8(12)6-3-4-13-9(11)7(6)10/h3-5,8H,12H2,1-2H3/t8-/m0/s1. The van der Waals surface area contributed by atoms with Gasteiger partial charge in [-0.25, -0.2) is 4.98 Å². The molecular weight excluding hydrogens is 251 g/mol. The number of nitrogens with two attached hydrogens (primary N) is 1. The largest absolute Gasteiger partial charge is 0.324 e. The van der Waals surface area contributed by atoms with Crippen LogP contribution in [0.1, 0.15) is 25.5 Å². The van der Waals surface area contributed by atoms with E-state index in [0.717, 1.165) is 10.0 Å². The molecule has 0 spiro atoms. The molecule has 13 heavy (non-hydrogen) atoms. The molecule has 0 unspecified atom stereocenters. The molecule has 0 aliphatic heterocycles. The van der Waals surface area contributed by atoms with Crippen LogP contribution in [-0.4, -0.2) is 4.98 Å². The van der Waals surface area contributed by atoms with Crippen molar-refractivity contribution in [1.82, 2.24) is 4.98 Å². The smallest absolute Gasteiger partial charge is 0.143 e. The maximum absolute atomic E-state index is 5.99. The first kappa shape index (κ1) is 11.0. The summed E-state index contributed by atoms with van der Waals surface area (Å²) in [5.41, 5.74) is 7.00. The fourth-order valence-corrected chi connectivity index (χ4v) is 1.71. The summed E-state index contributed by atoms with van der Waals surface area (Å²) in [6.45, 7) is 4.15. The minimum Gasteiger partial charge on any atom is -0.324 e. The van der Waals surface area contributed by atoms with Crippen LogP contribution in [0, 0.1) is 5.92 Å². The van der Waals surface area contributed by atoms with Crippen LogP contribution in [0.4, 0.5) is 0 Å². The molecule has 1 aromatic heterocycles. The lowest BCUT2D eigenvalue weighted by Crippen LogP contribution is -2.17. The van der Waals surface area contributed by atoms with Crippen molar-refractivity contribution in [1.29, 1.82) is 0 Å². The Bertz CT molecular complexity index is 302. The van der Waals surface area contributed by atoms with E-state index >= 15 is 0 Å². The quantitative estimate of drug-likeness (QED) is 0.833. The maximum atomic E-state index is 5.99. The molecule has 1 rings (SSSR count). The average Bonchev–Trinajstić information content (AvgIpc) is 2.08. The van der Waals surface area contributed by atoms with Crippen molar-refractivity contribution in [2.75, 3.05) is 0 Å². The molecule has 1 atom stereocenters. The van der Waals surface area contributed by atoms with E-state index in [2.05, 4.69) is 34.8 Å². The van der Waals surface area contributed by atoms with Crippen molar-refractivity contribution in [3.63, 3.8) is 0 Å². The summed E-state index contributed by atoms with van der Waals surface area (Å²) in [7, 11) is 0. The van der Waals surface area contributed by atoms with Gasteiger partial charge in [0.1, 0.15) is 5.15 Å². The molecule has 2 N–H and O–H groups in total. The molecule has 4 heteroatoms. The van der Waals surface area contributed by atoms with Crippen LogP contribution in [-0.2, 0) is 0 Å². The Morgan fingerprint density at radius 3 is 2.69 bits per heavy atom. The molecular formula is C9H12BrClN2. The van der Waals surface area contributed by atoms with Gasteiger partial charge in [-0.05, 0) is 33.5 Å². The number of hydrogen-bond acceptors (Lipinski definition) is 2. The normalized spacial score (nSPS) is 13.4. The van der Waals surface area contributed by atoms with Gasteiger partial charge in [-0.1, -0.05) is 25.4 Å². The number of hydrogen-bond donors (Lipinski definition) is 1. The first-order valence-corrected chi connectivity index (χ1v) is 5.26. The summed E-state index contributed by atoms with van der Waals surface area (Å²) in [4.78, 5) is 3.94. The van der Waals surface area contributed by atoms with Crippen LogP contribution >= 0.6 is 27.5 Å². The Morgan fingerprint density at radius 2 is 2.15 bits per heavy atom. The first-order chi connectivity index (χ1) is 6.04. The SMILES string of the molecule is CC(C)[C@H](N)c1ccnc(Cl)c1Br. The summed E-state index contributed by atoms with van der Waals surface area (Å²) in [5.74, 6) is 0.384. The van der Waals surface area contributed by atoms with Crippen molar-refractivity contribution < 1.29 is 0 Å². The van der Waals surface area contributed by atoms with Crippen molar-refractivity contribution in [2.45, 2.75) is 19.9 Å². The van der Waals surface area contributed by atoms with Gasteiger partial charge in [-0.2, -0.15) is 0 Å². The third kappa shape index (κ3) is 2.42. The van der Waals surface area contributed by atoms with Gasteiger partial charge in [-0.3, -0.25) is 0 Å². The molecule has 0 saturated carbocycles. The van der Waals surface area contributed by atoms with Gasteiger partial charge in [0, 0.05) is 12.2 Å². The van der Waals surface area contributed by atoms with E-state index in [0.29, 0.717) is 11.1 Å². The van der Waals surface area contributed by atoms with E-state index in [9.17, 15) is 0 Å². The van der Waals surface area contributed by atoms with Crippen LogP contribution in [0.2, 0.25) is 5.15 Å². The predicted octanol–water partition coefficient (Wildman–Crippen LogP) is 3.15. The highest BCUT2D eigenvalue weighted by atomic mass is 79.9. The lowest BCUT2D eigenvalue weighted by Gasteiger charge is -2.17. The predicted molar refractivity (Wildman–Crippen MR) is 58.7 cm³/mol. The van der Waals surface area contributed by atoms with Crippen molar-refractivity contribution in [3.05, 3.63) is 27.5 Å². The fourth-order valence-electron chi connectivity index (χ4n) is 1.05. The molecule has 1 aromatic rings. The average molecular weight is 264 g/mol. The molecule has 0 saturated heterocycles. The number of aromatic nitrogens is 1. The Labute approximate surface area is 91.6 Å². The van der Waals surface area contributed by atoms with E-state index in [1.807, 2.05) is 6.07 Å². The molecule has 72 valence electrons. The molecule has 1 heterocycles. The molecule has 0 fully saturated rings. The first-order valence-electron chi connectivity index (χ1n) is 4.09. The van der Waals surface area contributed by atoms with Gasteiger partial charge in [0.05, 0.1) is 4.47 Å². The Hall–Kier alpha value is -0.120. The van der Waals surface area contributed by atoms with Crippen molar-refractivity contribution >= 4 is 27.5 Å². The van der Waals surface area contributed by atoms with E-state index in [-0.39, 0.29) is 6.04 Å². The lowest BCUT2D eigenvalue weighted by molar-refractivity contribution is 0.512. The van der Waals surface area contributed by atoms with Gasteiger partial charge in [-0.15, -0.1) is 0 Å². The van der Waals surface area contributed by atoms with E-state index < -0.39 is 0 Å². The number of nitrogens with zero attached hydrogens (tertiary/aromatic N) is 1. The van der Waals surface area contributed by atoms with Gasteiger partial charge in [0.2, 0.25) is 0 Å². The summed E-state index contributed by atoms with van der Waals surface area (Å²) in [6, 6.07) is 1.88. The molecule has 2 nitrogen and oxygen atoms in total. The number of halogens is 2. The lowest BCUT2D eigenvalue weighted by atomic mass is 9.98. The topological polar surface area (TPSA) is 38.9 Å². The van der Waals surface area contributed by atoms with Gasteiger partial charge < -0.3 is 5.73 Å². The third-order valence-electron chi connectivity index (χ3n) is 1.95. The minimum absolute atomic E-state index is 0.00475. The highest BCUT2D eigenvalue weighted by Gasteiger charge is 2.15. The van der Waals surface area contributed by atoms with E-state index in [4.69, 9.17) is 17.3 Å².